The second-order valence-electron chi connectivity index (χ2n) is 7.30. The Kier molecular flexibility index (Phi) is 7.09. The predicted molar refractivity (Wildman–Crippen MR) is 116 cm³/mol. The Morgan fingerprint density at radius 1 is 1.14 bits per heavy atom. The highest BCUT2D eigenvalue weighted by atomic mass is 35.5. The van der Waals surface area contributed by atoms with Crippen LogP contribution in [0.15, 0.2) is 36.5 Å². The van der Waals surface area contributed by atoms with E-state index in [9.17, 15) is 9.59 Å². The van der Waals surface area contributed by atoms with Crippen molar-refractivity contribution in [2.24, 2.45) is 0 Å². The standard InChI is InChI=1S/C22H27ClN4O2/c1-3-4-18-6-5-17(13-20(18)23)14-22(29)25-21-8-7-19(15-24-21)27-11-9-26(10-12-27)16(2)28/h5-8,13,15H,3-4,9-12,14H2,1-2H3,(H,24,25,29). The zero-order chi connectivity index (χ0) is 20.8. The van der Waals surface area contributed by atoms with Gasteiger partial charge in [-0.05, 0) is 35.7 Å². The largest absolute Gasteiger partial charge is 0.367 e. The van der Waals surface area contributed by atoms with Crippen molar-refractivity contribution in [3.05, 3.63) is 52.7 Å². The molecule has 0 aliphatic carbocycles. The minimum Gasteiger partial charge on any atom is -0.367 e. The highest BCUT2D eigenvalue weighted by Gasteiger charge is 2.19. The smallest absolute Gasteiger partial charge is 0.229 e. The molecule has 2 aromatic rings. The lowest BCUT2D eigenvalue weighted by molar-refractivity contribution is -0.129. The zero-order valence-corrected chi connectivity index (χ0v) is 17.7. The summed E-state index contributed by atoms with van der Waals surface area (Å²) in [6.45, 7) is 6.70. The van der Waals surface area contributed by atoms with Crippen LogP contribution in [-0.4, -0.2) is 47.9 Å². The fraction of sp³-hybridized carbons (Fsp3) is 0.409. The molecule has 3 rings (SSSR count). The van der Waals surface area contributed by atoms with Gasteiger partial charge < -0.3 is 15.1 Å². The molecule has 1 aromatic heterocycles. The number of nitrogens with zero attached hydrogens (tertiary/aromatic N) is 3. The van der Waals surface area contributed by atoms with Crippen molar-refractivity contribution in [3.8, 4) is 0 Å². The van der Waals surface area contributed by atoms with Crippen LogP contribution in [0.4, 0.5) is 11.5 Å². The van der Waals surface area contributed by atoms with Crippen LogP contribution in [0.5, 0.6) is 0 Å². The summed E-state index contributed by atoms with van der Waals surface area (Å²) in [7, 11) is 0. The lowest BCUT2D eigenvalue weighted by Gasteiger charge is -2.35. The molecule has 0 bridgehead atoms. The van der Waals surface area contributed by atoms with E-state index in [1.54, 1.807) is 13.1 Å². The average molecular weight is 415 g/mol. The highest BCUT2D eigenvalue weighted by Crippen LogP contribution is 2.21. The van der Waals surface area contributed by atoms with Gasteiger partial charge in [-0.25, -0.2) is 4.98 Å². The van der Waals surface area contributed by atoms with Crippen molar-refractivity contribution in [1.29, 1.82) is 0 Å². The molecule has 7 heteroatoms. The van der Waals surface area contributed by atoms with Gasteiger partial charge in [0.1, 0.15) is 5.82 Å². The average Bonchev–Trinajstić information content (AvgIpc) is 2.71. The molecule has 1 N–H and O–H groups in total. The number of rotatable bonds is 6. The molecule has 0 atom stereocenters. The number of aromatic nitrogens is 1. The van der Waals surface area contributed by atoms with E-state index >= 15 is 0 Å². The van der Waals surface area contributed by atoms with Crippen LogP contribution in [0.1, 0.15) is 31.4 Å². The maximum absolute atomic E-state index is 12.3. The van der Waals surface area contributed by atoms with Crippen molar-refractivity contribution >= 4 is 34.9 Å². The topological polar surface area (TPSA) is 65.5 Å². The number of anilines is 2. The van der Waals surface area contributed by atoms with E-state index in [0.717, 1.165) is 42.7 Å². The summed E-state index contributed by atoms with van der Waals surface area (Å²) in [6.07, 6.45) is 3.98. The maximum atomic E-state index is 12.3. The highest BCUT2D eigenvalue weighted by molar-refractivity contribution is 6.31. The van der Waals surface area contributed by atoms with Gasteiger partial charge in [0.2, 0.25) is 11.8 Å². The van der Waals surface area contributed by atoms with Crippen molar-refractivity contribution in [2.75, 3.05) is 36.4 Å². The van der Waals surface area contributed by atoms with Crippen molar-refractivity contribution in [3.63, 3.8) is 0 Å². The van der Waals surface area contributed by atoms with Gasteiger partial charge >= 0.3 is 0 Å². The van der Waals surface area contributed by atoms with Gasteiger partial charge in [-0.15, -0.1) is 0 Å². The van der Waals surface area contributed by atoms with E-state index in [-0.39, 0.29) is 18.2 Å². The first-order valence-electron chi connectivity index (χ1n) is 10.00. The van der Waals surface area contributed by atoms with Crippen molar-refractivity contribution in [1.82, 2.24) is 9.88 Å². The van der Waals surface area contributed by atoms with Gasteiger partial charge in [0, 0.05) is 38.1 Å². The fourth-order valence-corrected chi connectivity index (χ4v) is 3.77. The molecule has 0 spiro atoms. The van der Waals surface area contributed by atoms with E-state index in [1.165, 1.54) is 0 Å². The number of nitrogens with one attached hydrogen (secondary N) is 1. The molecule has 154 valence electrons. The zero-order valence-electron chi connectivity index (χ0n) is 16.9. The molecule has 29 heavy (non-hydrogen) atoms. The predicted octanol–water partition coefficient (Wildman–Crippen LogP) is 3.54. The Morgan fingerprint density at radius 3 is 2.48 bits per heavy atom. The van der Waals surface area contributed by atoms with E-state index in [0.29, 0.717) is 23.9 Å². The number of benzene rings is 1. The second kappa shape index (κ2) is 9.74. The number of hydrogen-bond donors (Lipinski definition) is 1. The van der Waals surface area contributed by atoms with Crippen molar-refractivity contribution in [2.45, 2.75) is 33.1 Å². The van der Waals surface area contributed by atoms with Gasteiger partial charge in [0.15, 0.2) is 0 Å². The minimum absolute atomic E-state index is 0.113. The molecule has 1 fully saturated rings. The third-order valence-electron chi connectivity index (χ3n) is 5.11. The van der Waals surface area contributed by atoms with Gasteiger partial charge in [-0.1, -0.05) is 37.1 Å². The number of hydrogen-bond acceptors (Lipinski definition) is 4. The molecule has 0 unspecified atom stereocenters. The molecule has 6 nitrogen and oxygen atoms in total. The Balaban J connectivity index is 1.54. The molecule has 1 aliphatic heterocycles. The summed E-state index contributed by atoms with van der Waals surface area (Å²) < 4.78 is 0. The number of pyridine rings is 1. The molecule has 1 saturated heterocycles. The third kappa shape index (κ3) is 5.70. The normalized spacial score (nSPS) is 14.0. The lowest BCUT2D eigenvalue weighted by Crippen LogP contribution is -2.48. The van der Waals surface area contributed by atoms with Crippen LogP contribution >= 0.6 is 11.6 Å². The summed E-state index contributed by atoms with van der Waals surface area (Å²) in [4.78, 5) is 32.2. The van der Waals surface area contributed by atoms with Gasteiger partial charge in [0.05, 0.1) is 18.3 Å². The number of aryl methyl sites for hydroxylation is 1. The molecule has 2 heterocycles. The SMILES string of the molecule is CCCc1ccc(CC(=O)Nc2ccc(N3CCN(C(C)=O)CC3)cn2)cc1Cl. The quantitative estimate of drug-likeness (QED) is 0.785. The van der Waals surface area contributed by atoms with E-state index in [4.69, 9.17) is 11.6 Å². The third-order valence-corrected chi connectivity index (χ3v) is 5.46. The van der Waals surface area contributed by atoms with Gasteiger partial charge in [-0.3, -0.25) is 9.59 Å². The first-order valence-corrected chi connectivity index (χ1v) is 10.4. The van der Waals surface area contributed by atoms with Gasteiger partial charge in [-0.2, -0.15) is 0 Å². The second-order valence-corrected chi connectivity index (χ2v) is 7.70. The molecule has 1 aromatic carbocycles. The Labute approximate surface area is 176 Å². The minimum atomic E-state index is -0.125. The van der Waals surface area contributed by atoms with Crippen LogP contribution in [0.3, 0.4) is 0 Å². The summed E-state index contributed by atoms with van der Waals surface area (Å²) in [5.41, 5.74) is 2.98. The Bertz CT molecular complexity index is 862. The molecular formula is C22H27ClN4O2. The summed E-state index contributed by atoms with van der Waals surface area (Å²) in [5.74, 6) is 0.511. The van der Waals surface area contributed by atoms with Crippen LogP contribution in [0, 0.1) is 0 Å². The summed E-state index contributed by atoms with van der Waals surface area (Å²) >= 11 is 6.30. The molecular weight excluding hydrogens is 388 g/mol. The molecule has 1 aliphatic rings. The van der Waals surface area contributed by atoms with Crippen molar-refractivity contribution < 1.29 is 9.59 Å². The fourth-order valence-electron chi connectivity index (χ4n) is 3.47. The molecule has 2 amide bonds. The van der Waals surface area contributed by atoms with Crippen LogP contribution in [0.2, 0.25) is 5.02 Å². The van der Waals surface area contributed by atoms with E-state index in [1.807, 2.05) is 35.2 Å². The first-order chi connectivity index (χ1) is 14.0. The lowest BCUT2D eigenvalue weighted by atomic mass is 10.1. The number of carbonyl (C=O) groups excluding carboxylic acids is 2. The maximum Gasteiger partial charge on any atom is 0.229 e. The summed E-state index contributed by atoms with van der Waals surface area (Å²) in [5, 5.41) is 3.55. The number of amides is 2. The van der Waals surface area contributed by atoms with E-state index in [2.05, 4.69) is 22.1 Å². The van der Waals surface area contributed by atoms with Gasteiger partial charge in [0.25, 0.3) is 0 Å². The Morgan fingerprint density at radius 2 is 1.90 bits per heavy atom. The summed E-state index contributed by atoms with van der Waals surface area (Å²) in [6, 6.07) is 9.56. The van der Waals surface area contributed by atoms with Crippen LogP contribution in [-0.2, 0) is 22.4 Å². The number of piperazine rings is 1. The molecule has 0 saturated carbocycles. The Hall–Kier alpha value is -2.60. The first kappa shape index (κ1) is 21.1. The molecule has 0 radical (unpaired) electrons. The number of carbonyl (C=O) groups is 2. The number of halogens is 1. The monoisotopic (exact) mass is 414 g/mol. The van der Waals surface area contributed by atoms with E-state index < -0.39 is 0 Å². The van der Waals surface area contributed by atoms with Crippen LogP contribution < -0.4 is 10.2 Å². The van der Waals surface area contributed by atoms with Crippen LogP contribution in [0.25, 0.3) is 0 Å².